The fourth-order valence-corrected chi connectivity index (χ4v) is 0.831. The Morgan fingerprint density at radius 1 is 1.64 bits per heavy atom. The van der Waals surface area contributed by atoms with E-state index in [0.717, 1.165) is 11.4 Å². The molecule has 0 spiro atoms. The topological polar surface area (TPSA) is 34.1 Å². The summed E-state index contributed by atoms with van der Waals surface area (Å²) in [5.41, 5.74) is 0. The van der Waals surface area contributed by atoms with E-state index >= 15 is 0 Å². The highest BCUT2D eigenvalue weighted by Gasteiger charge is 1.95. The Kier molecular flexibility index (Phi) is 4.25. The van der Waals surface area contributed by atoms with Gasteiger partial charge in [0.15, 0.2) is 6.73 Å². The van der Waals surface area contributed by atoms with E-state index in [2.05, 4.69) is 10.3 Å². The molecule has 76 valence electrons. The van der Waals surface area contributed by atoms with Crippen molar-refractivity contribution >= 4 is 17.2 Å². The number of ether oxygens (including phenoxy) is 1. The lowest BCUT2D eigenvalue weighted by Gasteiger charge is -2.07. The summed E-state index contributed by atoms with van der Waals surface area (Å²) < 4.78 is 17.6. The fourth-order valence-electron chi connectivity index (χ4n) is 0.773. The molecule has 1 aromatic heterocycles. The Bertz CT molecular complexity index is 302. The van der Waals surface area contributed by atoms with Gasteiger partial charge in [-0.1, -0.05) is 19.1 Å². The number of rotatable bonds is 4. The van der Waals surface area contributed by atoms with Crippen molar-refractivity contribution in [1.29, 1.82) is 0 Å². The van der Waals surface area contributed by atoms with Crippen LogP contribution in [0.3, 0.4) is 0 Å². The first kappa shape index (κ1) is 10.8. The molecular weight excluding hydrogens is 203 g/mol. The van der Waals surface area contributed by atoms with Crippen LogP contribution in [-0.2, 0) is 0 Å². The average molecular weight is 214 g/mol. The maximum atomic E-state index is 12.4. The number of halogens is 1. The molecule has 0 amide bonds. The molecule has 1 heterocycles. The molecule has 0 aromatic carbocycles. The molecule has 0 saturated carbocycles. The molecule has 0 fully saturated rings. The van der Waals surface area contributed by atoms with Crippen LogP contribution in [0.25, 0.3) is 0 Å². The minimum atomic E-state index is -0.519. The predicted molar refractivity (Wildman–Crippen MR) is 55.7 cm³/mol. The first-order chi connectivity index (χ1) is 6.72. The van der Waals surface area contributed by atoms with Gasteiger partial charge in [-0.25, -0.2) is 4.98 Å². The third-order valence-corrected chi connectivity index (χ3v) is 1.96. The third kappa shape index (κ3) is 3.66. The lowest BCUT2D eigenvalue weighted by atomic mass is 10.4. The molecule has 0 radical (unpaired) electrons. The van der Waals surface area contributed by atoms with Crippen LogP contribution in [0.5, 0.6) is 5.75 Å². The largest absolute Gasteiger partial charge is 0.472 e. The summed E-state index contributed by atoms with van der Waals surface area (Å²) >= 11 is 4.92. The maximum absolute atomic E-state index is 12.4. The van der Waals surface area contributed by atoms with E-state index in [1.165, 1.54) is 18.3 Å². The van der Waals surface area contributed by atoms with Crippen LogP contribution in [0.15, 0.2) is 18.3 Å². The van der Waals surface area contributed by atoms with E-state index in [4.69, 9.17) is 17.0 Å². The lowest BCUT2D eigenvalue weighted by Crippen LogP contribution is -2.25. The molecule has 1 N–H and O–H groups in total. The van der Waals surface area contributed by atoms with Crippen molar-refractivity contribution in [2.75, 3.05) is 6.73 Å². The molecular formula is C9H11FN2OS. The number of hydrogen-bond acceptors (Lipinski definition) is 3. The van der Waals surface area contributed by atoms with Crippen molar-refractivity contribution in [1.82, 2.24) is 10.3 Å². The molecule has 1 rings (SSSR count). The highest BCUT2D eigenvalue weighted by atomic mass is 32.1. The van der Waals surface area contributed by atoms with E-state index in [-0.39, 0.29) is 6.73 Å². The number of nitrogens with one attached hydrogen (secondary N) is 1. The quantitative estimate of drug-likeness (QED) is 0.471. The minimum absolute atomic E-state index is 0.278. The first-order valence-electron chi connectivity index (χ1n) is 4.23. The Hall–Kier alpha value is -1.23. The molecule has 0 aliphatic carbocycles. The molecule has 0 saturated heterocycles. The smallest absolute Gasteiger partial charge is 0.213 e. The molecule has 0 aliphatic heterocycles. The van der Waals surface area contributed by atoms with Crippen molar-refractivity contribution in [3.05, 3.63) is 24.3 Å². The van der Waals surface area contributed by atoms with E-state index < -0.39 is 5.95 Å². The van der Waals surface area contributed by atoms with Crippen molar-refractivity contribution in [3.8, 4) is 5.75 Å². The summed E-state index contributed by atoms with van der Waals surface area (Å²) in [6, 6.07) is 2.76. The standard InChI is InChI=1S/C9H11FN2OS/c1-2-9(14)12-6-13-7-3-4-8(10)11-5-7/h3-5H,2,6H2,1H3,(H,12,14). The van der Waals surface area contributed by atoms with Gasteiger partial charge in [-0.2, -0.15) is 4.39 Å². The van der Waals surface area contributed by atoms with E-state index in [0.29, 0.717) is 5.75 Å². The maximum Gasteiger partial charge on any atom is 0.213 e. The van der Waals surface area contributed by atoms with Gasteiger partial charge in [-0.05, 0) is 18.6 Å². The summed E-state index contributed by atoms with van der Waals surface area (Å²) in [6.07, 6.45) is 2.10. The van der Waals surface area contributed by atoms with Crippen molar-refractivity contribution in [2.24, 2.45) is 0 Å². The Balaban J connectivity index is 2.31. The highest BCUT2D eigenvalue weighted by Crippen LogP contribution is 2.07. The monoisotopic (exact) mass is 214 g/mol. The Morgan fingerprint density at radius 2 is 2.43 bits per heavy atom. The van der Waals surface area contributed by atoms with E-state index in [1.807, 2.05) is 6.92 Å². The van der Waals surface area contributed by atoms with Crippen molar-refractivity contribution in [3.63, 3.8) is 0 Å². The van der Waals surface area contributed by atoms with Gasteiger partial charge in [0.05, 0.1) is 11.2 Å². The van der Waals surface area contributed by atoms with Crippen LogP contribution >= 0.6 is 12.2 Å². The van der Waals surface area contributed by atoms with Gasteiger partial charge in [-0.15, -0.1) is 0 Å². The SMILES string of the molecule is CCC(=S)NCOc1ccc(F)nc1. The lowest BCUT2D eigenvalue weighted by molar-refractivity contribution is 0.307. The summed E-state index contributed by atoms with van der Waals surface area (Å²) in [7, 11) is 0. The highest BCUT2D eigenvalue weighted by molar-refractivity contribution is 7.80. The van der Waals surface area contributed by atoms with Crippen LogP contribution in [0.1, 0.15) is 13.3 Å². The van der Waals surface area contributed by atoms with Gasteiger partial charge < -0.3 is 10.1 Å². The molecule has 0 unspecified atom stereocenters. The van der Waals surface area contributed by atoms with Crippen LogP contribution in [0.2, 0.25) is 0 Å². The van der Waals surface area contributed by atoms with Gasteiger partial charge in [0.1, 0.15) is 5.75 Å². The fraction of sp³-hybridized carbons (Fsp3) is 0.333. The van der Waals surface area contributed by atoms with Crippen molar-refractivity contribution < 1.29 is 9.13 Å². The summed E-state index contributed by atoms with van der Waals surface area (Å²) in [5.74, 6) is -0.00723. The molecule has 5 heteroatoms. The normalized spacial score (nSPS) is 9.57. The zero-order valence-electron chi connectivity index (χ0n) is 7.79. The zero-order valence-corrected chi connectivity index (χ0v) is 8.60. The second kappa shape index (κ2) is 5.49. The van der Waals surface area contributed by atoms with E-state index in [9.17, 15) is 4.39 Å². The molecule has 0 atom stereocenters. The van der Waals surface area contributed by atoms with Crippen LogP contribution in [0.4, 0.5) is 4.39 Å². The van der Waals surface area contributed by atoms with Gasteiger partial charge in [-0.3, -0.25) is 0 Å². The van der Waals surface area contributed by atoms with Gasteiger partial charge >= 0.3 is 0 Å². The molecule has 0 aliphatic rings. The number of aromatic nitrogens is 1. The van der Waals surface area contributed by atoms with Gasteiger partial charge in [0.25, 0.3) is 0 Å². The number of thiocarbonyl (C=S) groups is 1. The van der Waals surface area contributed by atoms with Crippen LogP contribution in [-0.4, -0.2) is 16.7 Å². The minimum Gasteiger partial charge on any atom is -0.472 e. The molecule has 0 bridgehead atoms. The number of hydrogen-bond donors (Lipinski definition) is 1. The predicted octanol–water partition coefficient (Wildman–Crippen LogP) is 1.88. The second-order valence-electron chi connectivity index (χ2n) is 2.56. The van der Waals surface area contributed by atoms with Crippen LogP contribution < -0.4 is 10.1 Å². The second-order valence-corrected chi connectivity index (χ2v) is 3.05. The average Bonchev–Trinajstić information content (AvgIpc) is 2.21. The van der Waals surface area contributed by atoms with E-state index in [1.54, 1.807) is 0 Å². The first-order valence-corrected chi connectivity index (χ1v) is 4.64. The molecule has 1 aromatic rings. The van der Waals surface area contributed by atoms with Gasteiger partial charge in [0.2, 0.25) is 5.95 Å². The van der Waals surface area contributed by atoms with Gasteiger partial charge in [0, 0.05) is 0 Å². The Labute approximate surface area is 87.3 Å². The number of nitrogens with zero attached hydrogens (tertiary/aromatic N) is 1. The Morgan fingerprint density at radius 3 is 3.00 bits per heavy atom. The molecule has 14 heavy (non-hydrogen) atoms. The molecule has 3 nitrogen and oxygen atoms in total. The summed E-state index contributed by atoms with van der Waals surface area (Å²) in [5, 5.41) is 2.88. The third-order valence-electron chi connectivity index (χ3n) is 1.53. The number of pyridine rings is 1. The zero-order chi connectivity index (χ0) is 10.4. The van der Waals surface area contributed by atoms with Crippen LogP contribution in [0, 0.1) is 5.95 Å². The summed E-state index contributed by atoms with van der Waals surface area (Å²) in [4.78, 5) is 4.18. The summed E-state index contributed by atoms with van der Waals surface area (Å²) in [6.45, 7) is 2.23. The van der Waals surface area contributed by atoms with Crippen molar-refractivity contribution in [2.45, 2.75) is 13.3 Å².